The van der Waals surface area contributed by atoms with E-state index >= 15 is 0 Å². The van der Waals surface area contributed by atoms with Crippen LogP contribution in [0.25, 0.3) is 5.76 Å². The van der Waals surface area contributed by atoms with Crippen LogP contribution in [-0.4, -0.2) is 35.9 Å². The Bertz CT molecular complexity index is 1220. The molecule has 0 aliphatic carbocycles. The van der Waals surface area contributed by atoms with E-state index in [4.69, 9.17) is 0 Å². The van der Waals surface area contributed by atoms with Gasteiger partial charge >= 0.3 is 0 Å². The molecule has 0 bridgehead atoms. The summed E-state index contributed by atoms with van der Waals surface area (Å²) < 4.78 is 13.8. The van der Waals surface area contributed by atoms with Crippen molar-refractivity contribution in [1.82, 2.24) is 4.98 Å². The molecule has 7 heteroatoms. The van der Waals surface area contributed by atoms with Gasteiger partial charge in [0.1, 0.15) is 11.6 Å². The molecule has 0 spiro atoms. The Morgan fingerprint density at radius 1 is 1.03 bits per heavy atom. The number of halogens is 1. The van der Waals surface area contributed by atoms with E-state index < -0.39 is 23.5 Å². The summed E-state index contributed by atoms with van der Waals surface area (Å²) in [5.74, 6) is -2.32. The van der Waals surface area contributed by atoms with Gasteiger partial charge in [-0.2, -0.15) is 0 Å². The van der Waals surface area contributed by atoms with Gasteiger partial charge in [0.25, 0.3) is 11.7 Å². The third kappa shape index (κ3) is 3.62. The van der Waals surface area contributed by atoms with Crippen LogP contribution in [0.2, 0.25) is 0 Å². The molecule has 2 heterocycles. The summed E-state index contributed by atoms with van der Waals surface area (Å²) in [5.41, 5.74) is 2.62. The molecule has 0 saturated carbocycles. The average molecular weight is 431 g/mol. The number of ketones is 1. The number of carbonyl (C=O) groups excluding carboxylic acids is 2. The van der Waals surface area contributed by atoms with E-state index in [-0.39, 0.29) is 16.9 Å². The zero-order valence-electron chi connectivity index (χ0n) is 17.9. The lowest BCUT2D eigenvalue weighted by Crippen LogP contribution is -2.29. The Morgan fingerprint density at radius 2 is 1.69 bits per heavy atom. The Kier molecular flexibility index (Phi) is 5.48. The quantitative estimate of drug-likeness (QED) is 0.380. The van der Waals surface area contributed by atoms with Crippen molar-refractivity contribution >= 4 is 28.8 Å². The van der Waals surface area contributed by atoms with Gasteiger partial charge in [-0.05, 0) is 72.6 Å². The molecule has 1 aliphatic heterocycles. The SMILES string of the molecule is Cc1cc(/C(O)=C2/C(=O)C(=O)N(c3ccc(N(C)C)cc3)C2c2ccncc2)ccc1F. The highest BCUT2D eigenvalue weighted by Crippen LogP contribution is 2.42. The standard InChI is InChI=1S/C25H22FN3O3/c1-15-14-17(4-9-20(15)26)23(30)21-22(16-10-12-27-13-11-16)29(25(32)24(21)31)19-7-5-18(6-8-19)28(2)3/h4-14,22,30H,1-3H3/b23-21-. The summed E-state index contributed by atoms with van der Waals surface area (Å²) in [6.07, 6.45) is 3.12. The third-order valence-corrected chi connectivity index (χ3v) is 5.54. The van der Waals surface area contributed by atoms with E-state index in [0.29, 0.717) is 16.8 Å². The van der Waals surface area contributed by atoms with Crippen molar-refractivity contribution < 1.29 is 19.1 Å². The van der Waals surface area contributed by atoms with Crippen LogP contribution in [0.1, 0.15) is 22.7 Å². The maximum Gasteiger partial charge on any atom is 0.300 e. The lowest BCUT2D eigenvalue weighted by molar-refractivity contribution is -0.132. The molecule has 0 radical (unpaired) electrons. The Balaban J connectivity index is 1.90. The predicted molar refractivity (Wildman–Crippen MR) is 121 cm³/mol. The van der Waals surface area contributed by atoms with Crippen molar-refractivity contribution in [2.75, 3.05) is 23.9 Å². The van der Waals surface area contributed by atoms with Crippen molar-refractivity contribution in [3.8, 4) is 0 Å². The number of aromatic nitrogens is 1. The summed E-state index contributed by atoms with van der Waals surface area (Å²) in [6, 6.07) is 13.8. The smallest absolute Gasteiger partial charge is 0.300 e. The Morgan fingerprint density at radius 3 is 2.28 bits per heavy atom. The van der Waals surface area contributed by atoms with Crippen molar-refractivity contribution in [2.45, 2.75) is 13.0 Å². The molecular weight excluding hydrogens is 409 g/mol. The number of aliphatic hydroxyl groups is 1. The Labute approximate surface area is 185 Å². The first kappa shape index (κ1) is 21.2. The van der Waals surface area contributed by atoms with Crippen LogP contribution in [0.15, 0.2) is 72.6 Å². The second-order valence-electron chi connectivity index (χ2n) is 7.82. The highest BCUT2D eigenvalue weighted by atomic mass is 19.1. The van der Waals surface area contributed by atoms with Crippen molar-refractivity contribution in [3.05, 3.63) is 95.1 Å². The number of rotatable bonds is 4. The molecule has 3 aromatic rings. The maximum absolute atomic E-state index is 13.8. The van der Waals surface area contributed by atoms with Crippen LogP contribution in [0, 0.1) is 12.7 Å². The molecule has 4 rings (SSSR count). The monoisotopic (exact) mass is 431 g/mol. The minimum Gasteiger partial charge on any atom is -0.507 e. The zero-order chi connectivity index (χ0) is 23.0. The zero-order valence-corrected chi connectivity index (χ0v) is 17.9. The largest absolute Gasteiger partial charge is 0.507 e. The van der Waals surface area contributed by atoms with E-state index in [9.17, 15) is 19.1 Å². The fraction of sp³-hybridized carbons (Fsp3) is 0.160. The number of pyridine rings is 1. The number of nitrogens with zero attached hydrogens (tertiary/aromatic N) is 3. The van der Waals surface area contributed by atoms with Gasteiger partial charge in [0.2, 0.25) is 0 Å². The highest BCUT2D eigenvalue weighted by Gasteiger charge is 2.47. The van der Waals surface area contributed by atoms with Gasteiger partial charge in [-0.3, -0.25) is 19.5 Å². The summed E-state index contributed by atoms with van der Waals surface area (Å²) in [7, 11) is 3.81. The lowest BCUT2D eigenvalue weighted by atomic mass is 9.95. The van der Waals surface area contributed by atoms with Gasteiger partial charge < -0.3 is 10.0 Å². The Hall–Kier alpha value is -4.00. The number of Topliss-reactive ketones (excluding diaryl/α,β-unsaturated/α-hetero) is 1. The molecular formula is C25H22FN3O3. The van der Waals surface area contributed by atoms with Crippen LogP contribution in [0.5, 0.6) is 0 Å². The lowest BCUT2D eigenvalue weighted by Gasteiger charge is -2.26. The first-order valence-corrected chi connectivity index (χ1v) is 10.0. The van der Waals surface area contributed by atoms with Crippen LogP contribution in [-0.2, 0) is 9.59 Å². The van der Waals surface area contributed by atoms with Crippen LogP contribution < -0.4 is 9.80 Å². The molecule has 1 N–H and O–H groups in total. The van der Waals surface area contributed by atoms with Gasteiger partial charge in [-0.25, -0.2) is 4.39 Å². The summed E-state index contributed by atoms with van der Waals surface area (Å²) in [5, 5.41) is 11.1. The number of amides is 1. The second-order valence-corrected chi connectivity index (χ2v) is 7.82. The molecule has 1 aliphatic rings. The molecule has 2 aromatic carbocycles. The fourth-order valence-electron chi connectivity index (χ4n) is 3.82. The number of aryl methyl sites for hydroxylation is 1. The number of benzene rings is 2. The van der Waals surface area contributed by atoms with Crippen LogP contribution in [0.3, 0.4) is 0 Å². The summed E-state index contributed by atoms with van der Waals surface area (Å²) >= 11 is 0. The number of hydrogen-bond donors (Lipinski definition) is 1. The summed E-state index contributed by atoms with van der Waals surface area (Å²) in [4.78, 5) is 33.5. The predicted octanol–water partition coefficient (Wildman–Crippen LogP) is 4.22. The molecule has 162 valence electrons. The van der Waals surface area contributed by atoms with Crippen LogP contribution >= 0.6 is 0 Å². The minimum atomic E-state index is -0.853. The first-order valence-electron chi connectivity index (χ1n) is 10.0. The van der Waals surface area contributed by atoms with E-state index in [1.54, 1.807) is 43.6 Å². The van der Waals surface area contributed by atoms with E-state index in [1.165, 1.54) is 23.1 Å². The van der Waals surface area contributed by atoms with Crippen LogP contribution in [0.4, 0.5) is 15.8 Å². The van der Waals surface area contributed by atoms with Gasteiger partial charge in [0.15, 0.2) is 0 Å². The van der Waals surface area contributed by atoms with Gasteiger partial charge in [-0.1, -0.05) is 0 Å². The fourth-order valence-corrected chi connectivity index (χ4v) is 3.82. The van der Waals surface area contributed by atoms with Crippen molar-refractivity contribution in [1.29, 1.82) is 0 Å². The second kappa shape index (κ2) is 8.26. The van der Waals surface area contributed by atoms with Gasteiger partial charge in [0.05, 0.1) is 11.6 Å². The van der Waals surface area contributed by atoms with E-state index in [1.807, 2.05) is 31.1 Å². The van der Waals surface area contributed by atoms with Crippen molar-refractivity contribution in [3.63, 3.8) is 0 Å². The molecule has 32 heavy (non-hydrogen) atoms. The molecule has 6 nitrogen and oxygen atoms in total. The van der Waals surface area contributed by atoms with E-state index in [0.717, 1.165) is 5.69 Å². The number of hydrogen-bond acceptors (Lipinski definition) is 5. The topological polar surface area (TPSA) is 73.7 Å². The van der Waals surface area contributed by atoms with E-state index in [2.05, 4.69) is 4.98 Å². The van der Waals surface area contributed by atoms with Gasteiger partial charge in [-0.15, -0.1) is 0 Å². The normalized spacial score (nSPS) is 17.6. The molecule has 1 fully saturated rings. The summed E-state index contributed by atoms with van der Waals surface area (Å²) in [6.45, 7) is 1.57. The number of anilines is 2. The third-order valence-electron chi connectivity index (χ3n) is 5.54. The average Bonchev–Trinajstić information content (AvgIpc) is 3.06. The molecule has 1 saturated heterocycles. The molecule has 1 unspecified atom stereocenters. The number of carbonyl (C=O) groups is 2. The molecule has 1 aromatic heterocycles. The first-order chi connectivity index (χ1) is 15.3. The minimum absolute atomic E-state index is 0.0519. The molecule has 1 atom stereocenters. The molecule has 1 amide bonds. The highest BCUT2D eigenvalue weighted by molar-refractivity contribution is 6.51. The number of aliphatic hydroxyl groups excluding tert-OH is 1. The van der Waals surface area contributed by atoms with Crippen molar-refractivity contribution in [2.24, 2.45) is 0 Å². The van der Waals surface area contributed by atoms with Gasteiger partial charge in [0, 0.05) is 43.4 Å². The maximum atomic E-state index is 13.8.